The molecular weight excluding hydrogens is 403 g/mol. The van der Waals surface area contributed by atoms with Crippen molar-refractivity contribution in [2.24, 2.45) is 0 Å². The number of benzene rings is 1. The van der Waals surface area contributed by atoms with Gasteiger partial charge in [-0.3, -0.25) is 0 Å². The zero-order valence-corrected chi connectivity index (χ0v) is 15.7. The van der Waals surface area contributed by atoms with Crippen LogP contribution in [0.25, 0.3) is 0 Å². The van der Waals surface area contributed by atoms with Crippen LogP contribution in [0, 0.1) is 0 Å². The molecule has 1 aromatic carbocycles. The van der Waals surface area contributed by atoms with Crippen LogP contribution in [0.5, 0.6) is 0 Å². The average molecular weight is 420 g/mol. The Morgan fingerprint density at radius 3 is 2.26 bits per heavy atom. The molecule has 146 valence electrons. The Hall–Kier alpha value is -1.84. The van der Waals surface area contributed by atoms with Gasteiger partial charge in [-0.1, -0.05) is 41.9 Å². The van der Waals surface area contributed by atoms with Crippen molar-refractivity contribution in [3.05, 3.63) is 58.7 Å². The van der Waals surface area contributed by atoms with Crippen LogP contribution in [0.1, 0.15) is 11.1 Å². The van der Waals surface area contributed by atoms with E-state index in [4.69, 9.17) is 11.6 Å². The number of halogens is 4. The zero-order valence-electron chi connectivity index (χ0n) is 14.2. The van der Waals surface area contributed by atoms with Gasteiger partial charge in [0.25, 0.3) is 0 Å². The molecule has 0 amide bonds. The first-order valence-electron chi connectivity index (χ1n) is 8.16. The van der Waals surface area contributed by atoms with E-state index in [-0.39, 0.29) is 29.7 Å². The van der Waals surface area contributed by atoms with Gasteiger partial charge >= 0.3 is 6.18 Å². The topological polar surface area (TPSA) is 53.5 Å². The number of hydrogen-bond donors (Lipinski definition) is 0. The van der Waals surface area contributed by atoms with Crippen molar-refractivity contribution in [2.45, 2.75) is 11.9 Å². The van der Waals surface area contributed by atoms with Crippen molar-refractivity contribution < 1.29 is 21.6 Å². The molecule has 0 bridgehead atoms. The SMILES string of the molecule is O=S(=O)(Cc1ccccc1)N1CCN(c2ncc(C(F)(F)F)cc2Cl)CC1. The minimum atomic E-state index is -4.51. The second-order valence-corrected chi connectivity index (χ2v) is 8.53. The van der Waals surface area contributed by atoms with Gasteiger partial charge < -0.3 is 4.90 Å². The van der Waals surface area contributed by atoms with Gasteiger partial charge in [0.2, 0.25) is 10.0 Å². The van der Waals surface area contributed by atoms with Gasteiger partial charge in [0, 0.05) is 32.4 Å². The standard InChI is InChI=1S/C17H17ClF3N3O2S/c18-15-10-14(17(19,20)21)11-22-16(15)23-6-8-24(9-7-23)27(25,26)12-13-4-2-1-3-5-13/h1-5,10-11H,6-9,12H2. The van der Waals surface area contributed by atoms with Crippen LogP contribution >= 0.6 is 11.6 Å². The van der Waals surface area contributed by atoms with E-state index in [0.29, 0.717) is 18.7 Å². The average Bonchev–Trinajstić information content (AvgIpc) is 2.61. The third-order valence-corrected chi connectivity index (χ3v) is 6.40. The molecule has 5 nitrogen and oxygen atoms in total. The number of rotatable bonds is 4. The smallest absolute Gasteiger partial charge is 0.353 e. The lowest BCUT2D eigenvalue weighted by atomic mass is 10.2. The third kappa shape index (κ3) is 4.72. The van der Waals surface area contributed by atoms with E-state index in [1.54, 1.807) is 29.2 Å². The highest BCUT2D eigenvalue weighted by Crippen LogP contribution is 2.33. The monoisotopic (exact) mass is 419 g/mol. The molecule has 0 unspecified atom stereocenters. The second kappa shape index (κ2) is 7.65. The highest BCUT2D eigenvalue weighted by atomic mass is 35.5. The Bertz CT molecular complexity index is 899. The maximum absolute atomic E-state index is 12.7. The Balaban J connectivity index is 1.67. The zero-order chi connectivity index (χ0) is 19.7. The molecule has 10 heteroatoms. The van der Waals surface area contributed by atoms with Crippen LogP contribution in [0.3, 0.4) is 0 Å². The Morgan fingerprint density at radius 1 is 1.07 bits per heavy atom. The van der Waals surface area contributed by atoms with Crippen LogP contribution in [0.15, 0.2) is 42.6 Å². The van der Waals surface area contributed by atoms with E-state index in [0.717, 1.165) is 12.3 Å². The minimum Gasteiger partial charge on any atom is -0.353 e. The summed E-state index contributed by atoms with van der Waals surface area (Å²) in [5.74, 6) is 0.136. The molecule has 0 atom stereocenters. The summed E-state index contributed by atoms with van der Waals surface area (Å²) in [5.41, 5.74) is -0.215. The van der Waals surface area contributed by atoms with Crippen LogP contribution in [-0.2, 0) is 22.0 Å². The van der Waals surface area contributed by atoms with E-state index in [1.807, 2.05) is 6.07 Å². The molecule has 1 aliphatic heterocycles. The lowest BCUT2D eigenvalue weighted by Crippen LogP contribution is -2.49. The van der Waals surface area contributed by atoms with Crippen LogP contribution in [0.2, 0.25) is 5.02 Å². The third-order valence-electron chi connectivity index (χ3n) is 4.27. The summed E-state index contributed by atoms with van der Waals surface area (Å²) in [6.07, 6.45) is -3.78. The van der Waals surface area contributed by atoms with E-state index >= 15 is 0 Å². The highest BCUT2D eigenvalue weighted by Gasteiger charge is 2.33. The van der Waals surface area contributed by atoms with Gasteiger partial charge in [0.15, 0.2) is 0 Å². The molecule has 2 aromatic rings. The Kier molecular flexibility index (Phi) is 5.64. The number of piperazine rings is 1. The first-order valence-corrected chi connectivity index (χ1v) is 10.1. The maximum Gasteiger partial charge on any atom is 0.417 e. The highest BCUT2D eigenvalue weighted by molar-refractivity contribution is 7.88. The first-order chi connectivity index (χ1) is 12.7. The van der Waals surface area contributed by atoms with Gasteiger partial charge in [-0.25, -0.2) is 13.4 Å². The fourth-order valence-corrected chi connectivity index (χ4v) is 4.67. The number of nitrogens with zero attached hydrogens (tertiary/aromatic N) is 3. The quantitative estimate of drug-likeness (QED) is 0.762. The lowest BCUT2D eigenvalue weighted by molar-refractivity contribution is -0.137. The summed E-state index contributed by atoms with van der Waals surface area (Å²) in [6.45, 7) is 1.03. The fourth-order valence-electron chi connectivity index (χ4n) is 2.87. The molecule has 1 aliphatic rings. The number of alkyl halides is 3. The Labute approximate surface area is 160 Å². The van der Waals surface area contributed by atoms with Crippen LogP contribution in [-0.4, -0.2) is 43.9 Å². The van der Waals surface area contributed by atoms with E-state index in [2.05, 4.69) is 4.98 Å². The van der Waals surface area contributed by atoms with E-state index < -0.39 is 21.8 Å². The van der Waals surface area contributed by atoms with Gasteiger partial charge in [0.05, 0.1) is 16.3 Å². The summed E-state index contributed by atoms with van der Waals surface area (Å²) in [4.78, 5) is 5.52. The summed E-state index contributed by atoms with van der Waals surface area (Å²) >= 11 is 5.97. The van der Waals surface area contributed by atoms with Crippen molar-refractivity contribution in [3.63, 3.8) is 0 Å². The molecule has 0 N–H and O–H groups in total. The fraction of sp³-hybridized carbons (Fsp3) is 0.353. The molecule has 0 radical (unpaired) electrons. The summed E-state index contributed by atoms with van der Waals surface area (Å²) in [6, 6.07) is 9.71. The summed E-state index contributed by atoms with van der Waals surface area (Å²) < 4.78 is 64.7. The molecule has 27 heavy (non-hydrogen) atoms. The van der Waals surface area contributed by atoms with Crippen LogP contribution in [0.4, 0.5) is 19.0 Å². The molecule has 2 heterocycles. The Morgan fingerprint density at radius 2 is 1.70 bits per heavy atom. The van der Waals surface area contributed by atoms with Crippen LogP contribution < -0.4 is 4.90 Å². The van der Waals surface area contributed by atoms with Gasteiger partial charge in [-0.05, 0) is 11.6 Å². The van der Waals surface area contributed by atoms with Crippen molar-refractivity contribution in [2.75, 3.05) is 31.1 Å². The molecule has 1 aromatic heterocycles. The maximum atomic E-state index is 12.7. The predicted molar refractivity (Wildman–Crippen MR) is 97.1 cm³/mol. The van der Waals surface area contributed by atoms with Crippen molar-refractivity contribution in [1.82, 2.24) is 9.29 Å². The predicted octanol–water partition coefficient (Wildman–Crippen LogP) is 3.41. The number of anilines is 1. The van der Waals surface area contributed by atoms with Crippen molar-refractivity contribution in [3.8, 4) is 0 Å². The number of aromatic nitrogens is 1. The van der Waals surface area contributed by atoms with Gasteiger partial charge in [-0.15, -0.1) is 0 Å². The van der Waals surface area contributed by atoms with Crippen molar-refractivity contribution >= 4 is 27.4 Å². The normalized spacial score (nSPS) is 16.5. The largest absolute Gasteiger partial charge is 0.417 e. The minimum absolute atomic E-state index is 0.0902. The van der Waals surface area contributed by atoms with Gasteiger partial charge in [-0.2, -0.15) is 17.5 Å². The number of sulfonamides is 1. The van der Waals surface area contributed by atoms with E-state index in [1.165, 1.54) is 4.31 Å². The number of pyridine rings is 1. The van der Waals surface area contributed by atoms with Gasteiger partial charge in [0.1, 0.15) is 5.82 Å². The van der Waals surface area contributed by atoms with E-state index in [9.17, 15) is 21.6 Å². The molecule has 3 rings (SSSR count). The van der Waals surface area contributed by atoms with Crippen molar-refractivity contribution in [1.29, 1.82) is 0 Å². The molecule has 0 saturated carbocycles. The molecular formula is C17H17ClF3N3O2S. The lowest BCUT2D eigenvalue weighted by Gasteiger charge is -2.35. The molecule has 1 fully saturated rings. The molecule has 0 aliphatic carbocycles. The molecule has 0 spiro atoms. The molecule has 1 saturated heterocycles. The first kappa shape index (κ1) is 19.9. The summed E-state index contributed by atoms with van der Waals surface area (Å²) in [5, 5.41) is -0.106. The second-order valence-electron chi connectivity index (χ2n) is 6.16. The number of hydrogen-bond acceptors (Lipinski definition) is 4. The summed E-state index contributed by atoms with van der Waals surface area (Å²) in [7, 11) is -3.47.